The fraction of sp³-hybridized carbons (Fsp3) is 0.217. The minimum absolute atomic E-state index is 0.0781. The van der Waals surface area contributed by atoms with E-state index in [0.717, 1.165) is 5.56 Å². The maximum absolute atomic E-state index is 12.9. The summed E-state index contributed by atoms with van der Waals surface area (Å²) in [4.78, 5) is 12.9. The summed E-state index contributed by atoms with van der Waals surface area (Å²) in [6.07, 6.45) is 1.10. The van der Waals surface area contributed by atoms with E-state index in [0.29, 0.717) is 4.73 Å². The first-order chi connectivity index (χ1) is 14.5. The zero-order valence-corrected chi connectivity index (χ0v) is 19.0. The van der Waals surface area contributed by atoms with Gasteiger partial charge in [-0.2, -0.15) is 4.73 Å². The van der Waals surface area contributed by atoms with Crippen molar-refractivity contribution in [2.45, 2.75) is 37.5 Å². The van der Waals surface area contributed by atoms with Crippen molar-refractivity contribution in [1.82, 2.24) is 0 Å². The summed E-state index contributed by atoms with van der Waals surface area (Å²) in [5.74, 6) is -0.431. The van der Waals surface area contributed by atoms with Gasteiger partial charge in [0.2, 0.25) is 5.69 Å². The third-order valence-corrected chi connectivity index (χ3v) is 6.42. The minimum atomic E-state index is -3.94. The van der Waals surface area contributed by atoms with Crippen molar-refractivity contribution in [2.24, 2.45) is 0 Å². The summed E-state index contributed by atoms with van der Waals surface area (Å²) < 4.78 is 28.9. The first-order valence-corrected chi connectivity index (χ1v) is 11.5. The Labute approximate surface area is 187 Å². The van der Waals surface area contributed by atoms with Gasteiger partial charge in [0, 0.05) is 22.7 Å². The number of sulfonamides is 1. The Morgan fingerprint density at radius 3 is 2.35 bits per heavy atom. The molecule has 31 heavy (non-hydrogen) atoms. The van der Waals surface area contributed by atoms with Crippen LogP contribution >= 0.6 is 11.6 Å². The van der Waals surface area contributed by atoms with Gasteiger partial charge in [-0.15, -0.1) is 0 Å². The number of hydrogen-bond acceptors (Lipinski definition) is 4. The van der Waals surface area contributed by atoms with Gasteiger partial charge in [0.1, 0.15) is 0 Å². The fourth-order valence-electron chi connectivity index (χ4n) is 3.03. The van der Waals surface area contributed by atoms with Crippen LogP contribution in [0.4, 0.5) is 5.69 Å². The molecule has 0 atom stereocenters. The molecule has 0 amide bonds. The molecule has 1 aromatic heterocycles. The van der Waals surface area contributed by atoms with Crippen molar-refractivity contribution in [1.29, 1.82) is 0 Å². The van der Waals surface area contributed by atoms with Gasteiger partial charge in [-0.05, 0) is 47.4 Å². The summed E-state index contributed by atoms with van der Waals surface area (Å²) >= 11 is 6.05. The topological polar surface area (TPSA) is 90.2 Å². The van der Waals surface area contributed by atoms with Gasteiger partial charge in [-0.1, -0.05) is 44.5 Å². The summed E-state index contributed by atoms with van der Waals surface area (Å²) in [6, 6.07) is 15.7. The van der Waals surface area contributed by atoms with E-state index >= 15 is 0 Å². The van der Waals surface area contributed by atoms with E-state index in [4.69, 9.17) is 11.6 Å². The van der Waals surface area contributed by atoms with Crippen LogP contribution in [0.1, 0.15) is 42.4 Å². The highest BCUT2D eigenvalue weighted by Gasteiger charge is 2.22. The minimum Gasteiger partial charge on any atom is -0.618 e. The average Bonchev–Trinajstić information content (AvgIpc) is 2.70. The molecule has 0 fully saturated rings. The second kappa shape index (κ2) is 8.69. The summed E-state index contributed by atoms with van der Waals surface area (Å²) in [7, 11) is -3.94. The number of nitrogens with one attached hydrogen (secondary N) is 1. The number of anilines is 1. The van der Waals surface area contributed by atoms with Crippen molar-refractivity contribution in [3.8, 4) is 0 Å². The number of rotatable bonds is 6. The summed E-state index contributed by atoms with van der Waals surface area (Å²) in [5, 5.41) is 12.2. The van der Waals surface area contributed by atoms with Crippen LogP contribution in [0.3, 0.4) is 0 Å². The number of carbonyl (C=O) groups excluding carboxylic acids is 1. The lowest BCUT2D eigenvalue weighted by molar-refractivity contribution is -0.613. The number of carbonyl (C=O) groups is 1. The Hall–Kier alpha value is -2.90. The largest absolute Gasteiger partial charge is 0.618 e. The van der Waals surface area contributed by atoms with Crippen LogP contribution < -0.4 is 9.45 Å². The van der Waals surface area contributed by atoms with E-state index in [1.807, 2.05) is 20.8 Å². The number of pyridine rings is 1. The first-order valence-electron chi connectivity index (χ1n) is 9.60. The molecular formula is C23H23ClN2O4S. The smallest absolute Gasteiger partial charge is 0.261 e. The van der Waals surface area contributed by atoms with Crippen LogP contribution in [0.2, 0.25) is 5.02 Å². The van der Waals surface area contributed by atoms with Crippen molar-refractivity contribution in [3.63, 3.8) is 0 Å². The molecule has 3 rings (SSSR count). The lowest BCUT2D eigenvalue weighted by atomic mass is 9.87. The maximum atomic E-state index is 12.9. The Balaban J connectivity index is 1.91. The van der Waals surface area contributed by atoms with Crippen LogP contribution in [0, 0.1) is 5.21 Å². The third-order valence-electron chi connectivity index (χ3n) is 4.80. The molecule has 1 N–H and O–H groups in total. The lowest BCUT2D eigenvalue weighted by Gasteiger charge is -2.19. The Kier molecular flexibility index (Phi) is 6.38. The molecule has 0 saturated carbocycles. The highest BCUT2D eigenvalue weighted by atomic mass is 35.5. The molecule has 8 heteroatoms. The number of benzene rings is 2. The monoisotopic (exact) mass is 458 g/mol. The predicted octanol–water partition coefficient (Wildman–Crippen LogP) is 4.50. The van der Waals surface area contributed by atoms with Gasteiger partial charge >= 0.3 is 0 Å². The van der Waals surface area contributed by atoms with Crippen molar-refractivity contribution in [2.75, 3.05) is 4.72 Å². The van der Waals surface area contributed by atoms with Gasteiger partial charge in [0.05, 0.1) is 17.0 Å². The third kappa shape index (κ3) is 5.42. The van der Waals surface area contributed by atoms with Crippen molar-refractivity contribution >= 4 is 33.1 Å². The molecule has 0 aliphatic rings. The van der Waals surface area contributed by atoms with E-state index in [9.17, 15) is 18.4 Å². The van der Waals surface area contributed by atoms with Gasteiger partial charge in [0.15, 0.2) is 12.0 Å². The molecule has 0 aliphatic carbocycles. The number of nitrogens with zero attached hydrogens (tertiary/aromatic N) is 1. The van der Waals surface area contributed by atoms with Crippen LogP contribution in [0.15, 0.2) is 71.8 Å². The summed E-state index contributed by atoms with van der Waals surface area (Å²) in [5.41, 5.74) is 1.33. The highest BCUT2D eigenvalue weighted by Crippen LogP contribution is 2.27. The molecule has 2 aromatic carbocycles. The van der Waals surface area contributed by atoms with Crippen LogP contribution in [-0.2, 0) is 21.9 Å². The predicted molar refractivity (Wildman–Crippen MR) is 121 cm³/mol. The molecule has 0 unspecified atom stereocenters. The van der Waals surface area contributed by atoms with E-state index in [-0.39, 0.29) is 38.7 Å². The Morgan fingerprint density at radius 2 is 1.74 bits per heavy atom. The van der Waals surface area contributed by atoms with E-state index in [2.05, 4.69) is 4.72 Å². The molecule has 3 aromatic rings. The van der Waals surface area contributed by atoms with E-state index in [1.54, 1.807) is 24.3 Å². The number of Topliss-reactive ketones (excluding diaryl/α,β-unsaturated/α-hetero) is 1. The molecular weight excluding hydrogens is 436 g/mol. The number of halogens is 1. The van der Waals surface area contributed by atoms with E-state index in [1.165, 1.54) is 42.6 Å². The first kappa shape index (κ1) is 22.8. The molecule has 0 aliphatic heterocycles. The Morgan fingerprint density at radius 1 is 1.06 bits per heavy atom. The molecule has 0 saturated heterocycles. The van der Waals surface area contributed by atoms with Crippen molar-refractivity contribution in [3.05, 3.63) is 93.9 Å². The zero-order chi connectivity index (χ0) is 22.8. The average molecular weight is 459 g/mol. The molecule has 6 nitrogen and oxygen atoms in total. The van der Waals surface area contributed by atoms with Crippen LogP contribution in [0.25, 0.3) is 0 Å². The second-order valence-electron chi connectivity index (χ2n) is 8.19. The molecule has 0 bridgehead atoms. The lowest BCUT2D eigenvalue weighted by Crippen LogP contribution is -2.32. The number of aromatic nitrogens is 1. The van der Waals surface area contributed by atoms with Crippen molar-refractivity contribution < 1.29 is 17.9 Å². The number of ketones is 1. The van der Waals surface area contributed by atoms with Gasteiger partial charge < -0.3 is 5.21 Å². The molecule has 162 valence electrons. The van der Waals surface area contributed by atoms with Gasteiger partial charge in [-0.3, -0.25) is 9.52 Å². The SMILES string of the molecule is CC(C)(C)c1ccc(S(=O)(=O)Nc2ccc(Cl)cc2C(=O)Cc2cccc[n+]2[O-])cc1. The Bertz CT molecular complexity index is 1220. The standard InChI is InChI=1S/C23H23ClN2O4S/c1-23(2,3)16-7-10-19(11-8-16)31(29,30)25-21-12-9-17(24)14-20(21)22(27)15-18-6-4-5-13-26(18)28/h4-14,25H,15H2,1-3H3. The normalized spacial score (nSPS) is 11.9. The van der Waals surface area contributed by atoms with Crippen LogP contribution in [-0.4, -0.2) is 14.2 Å². The number of hydrogen-bond donors (Lipinski definition) is 1. The molecule has 1 heterocycles. The van der Waals surface area contributed by atoms with E-state index < -0.39 is 15.8 Å². The van der Waals surface area contributed by atoms with Crippen LogP contribution in [0.5, 0.6) is 0 Å². The zero-order valence-electron chi connectivity index (χ0n) is 17.4. The fourth-order valence-corrected chi connectivity index (χ4v) is 4.29. The second-order valence-corrected chi connectivity index (χ2v) is 10.3. The quantitative estimate of drug-likeness (QED) is 0.334. The maximum Gasteiger partial charge on any atom is 0.261 e. The van der Waals surface area contributed by atoms with Gasteiger partial charge in [0.25, 0.3) is 10.0 Å². The summed E-state index contributed by atoms with van der Waals surface area (Å²) in [6.45, 7) is 6.12. The highest BCUT2D eigenvalue weighted by molar-refractivity contribution is 7.92. The molecule has 0 radical (unpaired) electrons. The van der Waals surface area contributed by atoms with Gasteiger partial charge in [-0.25, -0.2) is 8.42 Å². The molecule has 0 spiro atoms.